The molecule has 0 radical (unpaired) electrons. The lowest BCUT2D eigenvalue weighted by molar-refractivity contribution is 0.101. The van der Waals surface area contributed by atoms with Gasteiger partial charge in [-0.25, -0.2) is 0 Å². The molecule has 18 heavy (non-hydrogen) atoms. The van der Waals surface area contributed by atoms with E-state index in [-0.39, 0.29) is 5.78 Å². The summed E-state index contributed by atoms with van der Waals surface area (Å²) in [6.07, 6.45) is 0. The molecule has 2 aromatic rings. The first-order valence-corrected chi connectivity index (χ1v) is 6.09. The average Bonchev–Trinajstić information content (AvgIpc) is 2.35. The summed E-state index contributed by atoms with van der Waals surface area (Å²) in [5.41, 5.74) is 3.52. The van der Waals surface area contributed by atoms with Crippen molar-refractivity contribution in [3.63, 3.8) is 0 Å². The lowest BCUT2D eigenvalue weighted by atomic mass is 10.1. The Morgan fingerprint density at radius 1 is 1.17 bits per heavy atom. The van der Waals surface area contributed by atoms with Crippen LogP contribution >= 0.6 is 11.6 Å². The van der Waals surface area contributed by atoms with Gasteiger partial charge in [0, 0.05) is 22.0 Å². The number of rotatable bonds is 3. The van der Waals surface area contributed by atoms with E-state index in [2.05, 4.69) is 5.32 Å². The predicted octanol–water partition coefficient (Wildman–Crippen LogP) is 4.59. The van der Waals surface area contributed by atoms with Gasteiger partial charge in [-0.3, -0.25) is 4.79 Å². The molecule has 0 spiro atoms. The van der Waals surface area contributed by atoms with E-state index in [4.69, 9.17) is 11.6 Å². The van der Waals surface area contributed by atoms with Gasteiger partial charge in [0.15, 0.2) is 5.78 Å². The van der Waals surface area contributed by atoms with Crippen molar-refractivity contribution in [3.8, 4) is 0 Å². The van der Waals surface area contributed by atoms with Gasteiger partial charge in [-0.05, 0) is 43.7 Å². The molecule has 92 valence electrons. The van der Waals surface area contributed by atoms with Crippen LogP contribution in [0.25, 0.3) is 0 Å². The van der Waals surface area contributed by atoms with Crippen molar-refractivity contribution in [3.05, 3.63) is 58.6 Å². The SMILES string of the molecule is CC(=O)c1cccc(Nc2cccc(Cl)c2C)c1. The minimum Gasteiger partial charge on any atom is -0.355 e. The smallest absolute Gasteiger partial charge is 0.159 e. The van der Waals surface area contributed by atoms with Gasteiger partial charge in [-0.15, -0.1) is 0 Å². The molecule has 0 heterocycles. The van der Waals surface area contributed by atoms with Gasteiger partial charge in [0.25, 0.3) is 0 Å². The Labute approximate surface area is 112 Å². The minimum absolute atomic E-state index is 0.0569. The van der Waals surface area contributed by atoms with Crippen LogP contribution in [-0.4, -0.2) is 5.78 Å². The van der Waals surface area contributed by atoms with E-state index >= 15 is 0 Å². The second-order valence-corrected chi connectivity index (χ2v) is 4.58. The van der Waals surface area contributed by atoms with Crippen molar-refractivity contribution >= 4 is 28.8 Å². The molecule has 0 saturated heterocycles. The number of carbonyl (C=O) groups excluding carboxylic acids is 1. The number of Topliss-reactive ketones (excluding diaryl/α,β-unsaturated/α-hetero) is 1. The number of anilines is 2. The number of halogens is 1. The molecule has 2 nitrogen and oxygen atoms in total. The third-order valence-electron chi connectivity index (χ3n) is 2.82. The Morgan fingerprint density at radius 3 is 2.61 bits per heavy atom. The van der Waals surface area contributed by atoms with Crippen LogP contribution < -0.4 is 5.32 Å². The second-order valence-electron chi connectivity index (χ2n) is 4.17. The number of benzene rings is 2. The molecule has 0 aliphatic carbocycles. The summed E-state index contributed by atoms with van der Waals surface area (Å²) in [6, 6.07) is 13.1. The summed E-state index contributed by atoms with van der Waals surface area (Å²) >= 11 is 6.07. The first kappa shape index (κ1) is 12.7. The Hall–Kier alpha value is -1.80. The van der Waals surface area contributed by atoms with Crippen LogP contribution in [0.3, 0.4) is 0 Å². The molecular formula is C15H14ClNO. The molecule has 0 fully saturated rings. The zero-order valence-corrected chi connectivity index (χ0v) is 11.1. The zero-order valence-electron chi connectivity index (χ0n) is 10.3. The summed E-state index contributed by atoms with van der Waals surface area (Å²) in [7, 11) is 0. The van der Waals surface area contributed by atoms with Crippen LogP contribution in [0.2, 0.25) is 5.02 Å². The van der Waals surface area contributed by atoms with Gasteiger partial charge < -0.3 is 5.32 Å². The number of ketones is 1. The summed E-state index contributed by atoms with van der Waals surface area (Å²) in [6.45, 7) is 3.52. The third-order valence-corrected chi connectivity index (χ3v) is 3.23. The normalized spacial score (nSPS) is 10.2. The van der Waals surface area contributed by atoms with Crippen molar-refractivity contribution in [2.24, 2.45) is 0 Å². The molecule has 2 aromatic carbocycles. The highest BCUT2D eigenvalue weighted by atomic mass is 35.5. The first-order chi connectivity index (χ1) is 8.58. The molecule has 0 bridgehead atoms. The van der Waals surface area contributed by atoms with Crippen molar-refractivity contribution in [2.45, 2.75) is 13.8 Å². The standard InChI is InChI=1S/C15H14ClNO/c1-10-14(16)7-4-8-15(10)17-13-6-3-5-12(9-13)11(2)18/h3-9,17H,1-2H3. The van der Waals surface area contributed by atoms with E-state index in [1.54, 1.807) is 13.0 Å². The molecule has 0 atom stereocenters. The monoisotopic (exact) mass is 259 g/mol. The summed E-state index contributed by atoms with van der Waals surface area (Å²) in [5, 5.41) is 4.00. The highest BCUT2D eigenvalue weighted by molar-refractivity contribution is 6.31. The Bertz CT molecular complexity index is 593. The lowest BCUT2D eigenvalue weighted by Gasteiger charge is -2.11. The van der Waals surface area contributed by atoms with E-state index in [0.29, 0.717) is 5.56 Å². The van der Waals surface area contributed by atoms with E-state index in [9.17, 15) is 4.79 Å². The summed E-state index contributed by atoms with van der Waals surface area (Å²) in [4.78, 5) is 11.3. The number of nitrogens with one attached hydrogen (secondary N) is 1. The van der Waals surface area contributed by atoms with Crippen LogP contribution in [-0.2, 0) is 0 Å². The Balaban J connectivity index is 2.31. The zero-order chi connectivity index (χ0) is 13.1. The molecule has 0 aromatic heterocycles. The molecule has 0 saturated carbocycles. The maximum atomic E-state index is 11.3. The quantitative estimate of drug-likeness (QED) is 0.817. The fraction of sp³-hybridized carbons (Fsp3) is 0.133. The molecule has 0 aliphatic heterocycles. The van der Waals surface area contributed by atoms with Crippen molar-refractivity contribution in [1.29, 1.82) is 0 Å². The number of hydrogen-bond donors (Lipinski definition) is 1. The number of hydrogen-bond acceptors (Lipinski definition) is 2. The average molecular weight is 260 g/mol. The topological polar surface area (TPSA) is 29.1 Å². The fourth-order valence-electron chi connectivity index (χ4n) is 1.71. The Kier molecular flexibility index (Phi) is 3.68. The van der Waals surface area contributed by atoms with E-state index in [0.717, 1.165) is 22.0 Å². The van der Waals surface area contributed by atoms with Crippen LogP contribution in [0.4, 0.5) is 11.4 Å². The van der Waals surface area contributed by atoms with E-state index in [1.807, 2.05) is 43.3 Å². The van der Waals surface area contributed by atoms with Gasteiger partial charge in [0.1, 0.15) is 0 Å². The highest BCUT2D eigenvalue weighted by Gasteiger charge is 2.04. The second kappa shape index (κ2) is 5.23. The van der Waals surface area contributed by atoms with Gasteiger partial charge in [0.2, 0.25) is 0 Å². The maximum absolute atomic E-state index is 11.3. The Morgan fingerprint density at radius 2 is 1.89 bits per heavy atom. The molecule has 1 N–H and O–H groups in total. The van der Waals surface area contributed by atoms with Crippen molar-refractivity contribution < 1.29 is 4.79 Å². The van der Waals surface area contributed by atoms with Crippen LogP contribution in [0.15, 0.2) is 42.5 Å². The van der Waals surface area contributed by atoms with Gasteiger partial charge in [-0.2, -0.15) is 0 Å². The molecule has 0 aliphatic rings. The summed E-state index contributed by atoms with van der Waals surface area (Å²) in [5.74, 6) is 0.0569. The van der Waals surface area contributed by atoms with Gasteiger partial charge in [-0.1, -0.05) is 29.8 Å². The third kappa shape index (κ3) is 2.71. The highest BCUT2D eigenvalue weighted by Crippen LogP contribution is 2.26. The molecular weight excluding hydrogens is 246 g/mol. The van der Waals surface area contributed by atoms with Gasteiger partial charge >= 0.3 is 0 Å². The van der Waals surface area contributed by atoms with Gasteiger partial charge in [0.05, 0.1) is 0 Å². The van der Waals surface area contributed by atoms with Crippen molar-refractivity contribution in [2.75, 3.05) is 5.32 Å². The largest absolute Gasteiger partial charge is 0.355 e. The maximum Gasteiger partial charge on any atom is 0.159 e. The summed E-state index contributed by atoms with van der Waals surface area (Å²) < 4.78 is 0. The molecule has 0 amide bonds. The molecule has 0 unspecified atom stereocenters. The fourth-order valence-corrected chi connectivity index (χ4v) is 1.89. The first-order valence-electron chi connectivity index (χ1n) is 5.71. The number of carbonyl (C=O) groups is 1. The van der Waals surface area contributed by atoms with Crippen molar-refractivity contribution in [1.82, 2.24) is 0 Å². The van der Waals surface area contributed by atoms with Crippen LogP contribution in [0.1, 0.15) is 22.8 Å². The van der Waals surface area contributed by atoms with Crippen LogP contribution in [0.5, 0.6) is 0 Å². The van der Waals surface area contributed by atoms with E-state index < -0.39 is 0 Å². The van der Waals surface area contributed by atoms with E-state index in [1.165, 1.54) is 0 Å². The molecule has 2 rings (SSSR count). The minimum atomic E-state index is 0.0569. The molecule has 3 heteroatoms. The lowest BCUT2D eigenvalue weighted by Crippen LogP contribution is -1.96. The van der Waals surface area contributed by atoms with Crippen LogP contribution in [0, 0.1) is 6.92 Å². The predicted molar refractivity (Wildman–Crippen MR) is 75.9 cm³/mol.